The van der Waals surface area contributed by atoms with E-state index in [1.807, 2.05) is 0 Å². The number of halogens is 3. The minimum atomic E-state index is -4.61. The molecule has 202 valence electrons. The molecule has 39 heavy (non-hydrogen) atoms. The lowest BCUT2D eigenvalue weighted by Gasteiger charge is -2.16. The van der Waals surface area contributed by atoms with Crippen LogP contribution >= 0.6 is 11.8 Å². The van der Waals surface area contributed by atoms with E-state index in [-0.39, 0.29) is 26.4 Å². The Morgan fingerprint density at radius 3 is 2.44 bits per heavy atom. The van der Waals surface area contributed by atoms with Crippen molar-refractivity contribution in [3.63, 3.8) is 0 Å². The van der Waals surface area contributed by atoms with E-state index >= 15 is 0 Å². The molecule has 1 heterocycles. The maximum atomic E-state index is 13.1. The molecule has 4 rings (SSSR count). The number of amides is 2. The third-order valence-corrected chi connectivity index (χ3v) is 7.10. The lowest BCUT2D eigenvalue weighted by Crippen LogP contribution is -2.28. The van der Waals surface area contributed by atoms with E-state index in [0.717, 1.165) is 34.9 Å². The van der Waals surface area contributed by atoms with Crippen LogP contribution in [0.1, 0.15) is 11.1 Å². The number of rotatable bonds is 7. The average molecular weight is 577 g/mol. The fraction of sp³-hybridized carbons (Fsp3) is 0.0800. The van der Waals surface area contributed by atoms with Crippen LogP contribution in [0.5, 0.6) is 5.75 Å². The first kappa shape index (κ1) is 27.9. The lowest BCUT2D eigenvalue weighted by molar-refractivity contribution is -0.137. The van der Waals surface area contributed by atoms with Crippen LogP contribution in [0, 0.1) is 5.41 Å². The summed E-state index contributed by atoms with van der Waals surface area (Å²) in [6, 6.07) is 15.8. The predicted octanol–water partition coefficient (Wildman–Crippen LogP) is 4.43. The van der Waals surface area contributed by atoms with Crippen molar-refractivity contribution in [1.82, 2.24) is 0 Å². The Bertz CT molecular complexity index is 1590. The minimum Gasteiger partial charge on any atom is -0.483 e. The number of nitrogens with two attached hydrogens (primary N) is 1. The van der Waals surface area contributed by atoms with Crippen LogP contribution in [0.4, 0.5) is 24.5 Å². The third kappa shape index (κ3) is 6.66. The van der Waals surface area contributed by atoms with E-state index in [9.17, 15) is 31.2 Å². The van der Waals surface area contributed by atoms with Crippen molar-refractivity contribution in [1.29, 1.82) is 5.41 Å². The van der Waals surface area contributed by atoms with Gasteiger partial charge in [-0.25, -0.2) is 13.6 Å². The van der Waals surface area contributed by atoms with Crippen LogP contribution in [0.25, 0.3) is 6.08 Å². The Morgan fingerprint density at radius 1 is 1.08 bits per heavy atom. The summed E-state index contributed by atoms with van der Waals surface area (Å²) in [6.07, 6.45) is -3.18. The normalized spacial score (nSPS) is 15.1. The Kier molecular flexibility index (Phi) is 7.81. The second-order valence-corrected chi connectivity index (χ2v) is 10.6. The highest BCUT2D eigenvalue weighted by Crippen LogP contribution is 2.38. The summed E-state index contributed by atoms with van der Waals surface area (Å²) < 4.78 is 67.7. The van der Waals surface area contributed by atoms with Crippen LogP contribution in [-0.4, -0.2) is 32.0 Å². The van der Waals surface area contributed by atoms with Crippen molar-refractivity contribution in [2.45, 2.75) is 11.1 Å². The summed E-state index contributed by atoms with van der Waals surface area (Å²) in [5, 5.41) is 15.5. The molecular weight excluding hydrogens is 557 g/mol. The van der Waals surface area contributed by atoms with E-state index in [1.54, 1.807) is 24.3 Å². The Balaban J connectivity index is 1.47. The highest BCUT2D eigenvalue weighted by Gasteiger charge is 2.36. The quantitative estimate of drug-likeness (QED) is 0.355. The molecule has 1 aliphatic rings. The molecule has 1 fully saturated rings. The van der Waals surface area contributed by atoms with Gasteiger partial charge in [-0.05, 0) is 66.4 Å². The molecule has 0 spiro atoms. The lowest BCUT2D eigenvalue weighted by atomic mass is 10.1. The first-order valence-electron chi connectivity index (χ1n) is 11.0. The van der Waals surface area contributed by atoms with Gasteiger partial charge in [0.15, 0.2) is 11.8 Å². The number of para-hydroxylation sites is 1. The molecular formula is C25H19F3N4O5S2. The number of nitrogens with one attached hydrogen (secondary N) is 2. The number of ether oxygens (including phenoxy) is 1. The van der Waals surface area contributed by atoms with Crippen molar-refractivity contribution < 1.29 is 35.9 Å². The number of benzene rings is 3. The van der Waals surface area contributed by atoms with Crippen molar-refractivity contribution in [2.75, 3.05) is 16.8 Å². The van der Waals surface area contributed by atoms with Gasteiger partial charge in [0.25, 0.3) is 11.8 Å². The van der Waals surface area contributed by atoms with Crippen molar-refractivity contribution >= 4 is 56.2 Å². The molecule has 1 aliphatic heterocycles. The van der Waals surface area contributed by atoms with Gasteiger partial charge in [0.1, 0.15) is 5.75 Å². The van der Waals surface area contributed by atoms with Gasteiger partial charge >= 0.3 is 6.18 Å². The minimum absolute atomic E-state index is 0.0767. The van der Waals surface area contributed by atoms with E-state index in [0.29, 0.717) is 11.3 Å². The van der Waals surface area contributed by atoms with Gasteiger partial charge in [-0.3, -0.25) is 19.9 Å². The van der Waals surface area contributed by atoms with Crippen LogP contribution in [0.2, 0.25) is 0 Å². The SMILES string of the molecule is N=C1S/C(=C\c2ccccc2OCC(=O)Nc2ccc(S(N)(=O)=O)cc2)C(=O)N1c1cccc(C(F)(F)F)c1. The Morgan fingerprint density at radius 2 is 1.77 bits per heavy atom. The van der Waals surface area contributed by atoms with Gasteiger partial charge in [0.05, 0.1) is 21.1 Å². The number of thioether (sulfide) groups is 1. The number of anilines is 2. The van der Waals surface area contributed by atoms with Gasteiger partial charge in [-0.15, -0.1) is 0 Å². The molecule has 3 aromatic rings. The van der Waals surface area contributed by atoms with Gasteiger partial charge in [-0.2, -0.15) is 13.2 Å². The number of sulfonamides is 1. The van der Waals surface area contributed by atoms with E-state index in [4.69, 9.17) is 15.3 Å². The number of amidine groups is 1. The first-order valence-corrected chi connectivity index (χ1v) is 13.3. The maximum absolute atomic E-state index is 13.1. The summed E-state index contributed by atoms with van der Waals surface area (Å²) in [6.45, 7) is -0.426. The van der Waals surface area contributed by atoms with E-state index in [1.165, 1.54) is 36.4 Å². The highest BCUT2D eigenvalue weighted by molar-refractivity contribution is 8.19. The molecule has 0 saturated carbocycles. The number of carbonyl (C=O) groups excluding carboxylic acids is 2. The Labute approximate surface area is 225 Å². The van der Waals surface area contributed by atoms with Crippen LogP contribution in [0.3, 0.4) is 0 Å². The van der Waals surface area contributed by atoms with Crippen LogP contribution < -0.4 is 20.1 Å². The van der Waals surface area contributed by atoms with Gasteiger partial charge in [-0.1, -0.05) is 24.3 Å². The molecule has 9 nitrogen and oxygen atoms in total. The van der Waals surface area contributed by atoms with Gasteiger partial charge in [0, 0.05) is 11.3 Å². The standard InChI is InChI=1S/C25H19F3N4O5S2/c26-25(27,28)16-5-3-6-18(13-16)32-23(34)21(38-24(32)29)12-15-4-1-2-7-20(15)37-14-22(33)31-17-8-10-19(11-9-17)39(30,35)36/h1-13,29H,14H2,(H,31,33)(H2,30,35,36)/b21-12-,29-24?. The molecule has 0 radical (unpaired) electrons. The average Bonchev–Trinajstić information content (AvgIpc) is 3.15. The van der Waals surface area contributed by atoms with E-state index < -0.39 is 40.2 Å². The largest absolute Gasteiger partial charge is 0.483 e. The summed E-state index contributed by atoms with van der Waals surface area (Å²) >= 11 is 0.775. The monoisotopic (exact) mass is 576 g/mol. The zero-order chi connectivity index (χ0) is 28.4. The summed E-state index contributed by atoms with van der Waals surface area (Å²) in [5.41, 5.74) is -0.320. The summed E-state index contributed by atoms with van der Waals surface area (Å²) in [5.74, 6) is -0.994. The number of primary sulfonamides is 1. The molecule has 14 heteroatoms. The Hall–Kier alpha value is -4.14. The molecule has 0 aliphatic carbocycles. The smallest absolute Gasteiger partial charge is 0.416 e. The number of alkyl halides is 3. The van der Waals surface area contributed by atoms with Gasteiger partial charge in [0.2, 0.25) is 10.0 Å². The van der Waals surface area contributed by atoms with E-state index in [2.05, 4.69) is 5.32 Å². The topological polar surface area (TPSA) is 143 Å². The summed E-state index contributed by atoms with van der Waals surface area (Å²) in [4.78, 5) is 26.2. The number of nitrogens with zero attached hydrogens (tertiary/aromatic N) is 1. The van der Waals surface area contributed by atoms with Crippen molar-refractivity contribution in [2.24, 2.45) is 5.14 Å². The number of hydrogen-bond acceptors (Lipinski definition) is 7. The molecule has 1 saturated heterocycles. The second-order valence-electron chi connectivity index (χ2n) is 8.05. The molecule has 2 amide bonds. The molecule has 0 unspecified atom stereocenters. The summed E-state index contributed by atoms with van der Waals surface area (Å²) in [7, 11) is -3.87. The number of carbonyl (C=O) groups is 2. The third-order valence-electron chi connectivity index (χ3n) is 5.29. The molecule has 0 bridgehead atoms. The molecule has 4 N–H and O–H groups in total. The zero-order valence-corrected chi connectivity index (χ0v) is 21.4. The second kappa shape index (κ2) is 10.9. The maximum Gasteiger partial charge on any atom is 0.416 e. The van der Waals surface area contributed by atoms with Crippen LogP contribution in [-0.2, 0) is 25.8 Å². The highest BCUT2D eigenvalue weighted by atomic mass is 32.2. The molecule has 0 aromatic heterocycles. The molecule has 0 atom stereocenters. The van der Waals surface area contributed by atoms with Crippen LogP contribution in [0.15, 0.2) is 82.6 Å². The fourth-order valence-electron chi connectivity index (χ4n) is 3.48. The predicted molar refractivity (Wildman–Crippen MR) is 141 cm³/mol. The van der Waals surface area contributed by atoms with Crippen molar-refractivity contribution in [3.05, 3.63) is 88.8 Å². The molecule has 3 aromatic carbocycles. The first-order chi connectivity index (χ1) is 18.3. The van der Waals surface area contributed by atoms with Gasteiger partial charge < -0.3 is 10.1 Å². The van der Waals surface area contributed by atoms with Crippen molar-refractivity contribution in [3.8, 4) is 5.75 Å². The number of hydrogen-bond donors (Lipinski definition) is 3. The fourth-order valence-corrected chi connectivity index (χ4v) is 4.85. The zero-order valence-electron chi connectivity index (χ0n) is 19.7.